The summed E-state index contributed by atoms with van der Waals surface area (Å²) in [4.78, 5) is 41.8. The molecule has 218 valence electrons. The molecular formula is C28H34N6O7. The number of pyridine rings is 1. The predicted octanol–water partition coefficient (Wildman–Crippen LogP) is 4.48. The van der Waals surface area contributed by atoms with Crippen molar-refractivity contribution in [2.45, 2.75) is 46.1 Å². The van der Waals surface area contributed by atoms with Crippen molar-refractivity contribution < 1.29 is 28.7 Å². The van der Waals surface area contributed by atoms with Crippen LogP contribution < -0.4 is 9.64 Å². The number of aryl methyl sites for hydroxylation is 2. The van der Waals surface area contributed by atoms with Crippen LogP contribution in [0.25, 0.3) is 11.4 Å². The number of aromatic nitrogens is 4. The van der Waals surface area contributed by atoms with Crippen molar-refractivity contribution in [2.24, 2.45) is 18.9 Å². The molecule has 1 aliphatic heterocycles. The maximum atomic E-state index is 12.3. The highest BCUT2D eigenvalue weighted by Crippen LogP contribution is 2.32. The number of esters is 1. The van der Waals surface area contributed by atoms with Gasteiger partial charge in [0.25, 0.3) is 5.69 Å². The Labute approximate surface area is 237 Å². The van der Waals surface area contributed by atoms with Gasteiger partial charge in [-0.3, -0.25) is 14.9 Å². The van der Waals surface area contributed by atoms with Crippen molar-refractivity contribution in [2.75, 3.05) is 25.1 Å². The Morgan fingerprint density at radius 3 is 2.59 bits per heavy atom. The van der Waals surface area contributed by atoms with Gasteiger partial charge in [0.2, 0.25) is 0 Å². The summed E-state index contributed by atoms with van der Waals surface area (Å²) in [7, 11) is 3.13. The van der Waals surface area contributed by atoms with Crippen LogP contribution in [0, 0.1) is 22.0 Å². The zero-order valence-corrected chi connectivity index (χ0v) is 23.6. The molecule has 1 aliphatic rings. The second kappa shape index (κ2) is 13.2. The molecule has 2 atom stereocenters. The number of non-ortho nitro benzene ring substituents is 1. The molecule has 13 heteroatoms. The van der Waals surface area contributed by atoms with Gasteiger partial charge in [-0.25, -0.2) is 14.5 Å². The predicted molar refractivity (Wildman–Crippen MR) is 148 cm³/mol. The molecule has 0 radical (unpaired) electrons. The molecule has 13 nitrogen and oxygen atoms in total. The van der Waals surface area contributed by atoms with Crippen LogP contribution in [-0.4, -0.2) is 57.2 Å². The van der Waals surface area contributed by atoms with Crippen LogP contribution in [0.15, 0.2) is 36.4 Å². The van der Waals surface area contributed by atoms with Gasteiger partial charge in [0.15, 0.2) is 0 Å². The molecule has 3 aromatic rings. The zero-order chi connectivity index (χ0) is 29.5. The summed E-state index contributed by atoms with van der Waals surface area (Å²) >= 11 is 0. The lowest BCUT2D eigenvalue weighted by molar-refractivity contribution is -0.384. The number of hydrogen-bond donors (Lipinski definition) is 0. The highest BCUT2D eigenvalue weighted by atomic mass is 16.7. The molecule has 0 aliphatic carbocycles. The topological polar surface area (TPSA) is 152 Å². The summed E-state index contributed by atoms with van der Waals surface area (Å²) in [6.45, 7) is 5.63. The summed E-state index contributed by atoms with van der Waals surface area (Å²) in [5, 5.41) is 19.1. The van der Waals surface area contributed by atoms with Crippen LogP contribution >= 0.6 is 0 Å². The molecule has 1 aromatic carbocycles. The fourth-order valence-electron chi connectivity index (χ4n) is 5.04. The second-order valence-corrected chi connectivity index (χ2v) is 9.88. The maximum absolute atomic E-state index is 12.3. The number of anilines is 1. The van der Waals surface area contributed by atoms with E-state index in [2.05, 4.69) is 15.2 Å². The van der Waals surface area contributed by atoms with E-state index < -0.39 is 11.1 Å². The first-order chi connectivity index (χ1) is 19.7. The van der Waals surface area contributed by atoms with Gasteiger partial charge in [-0.05, 0) is 55.9 Å². The summed E-state index contributed by atoms with van der Waals surface area (Å²) in [6, 6.07) is 9.02. The minimum Gasteiger partial charge on any atom is -0.469 e. The molecular weight excluding hydrogens is 532 g/mol. The first kappa shape index (κ1) is 29.4. The Balaban J connectivity index is 1.43. The smallest absolute Gasteiger partial charge is 0.469 e. The average Bonchev–Trinajstić information content (AvgIpc) is 3.60. The maximum Gasteiger partial charge on any atom is 0.514 e. The summed E-state index contributed by atoms with van der Waals surface area (Å²) in [5.74, 6) is 0.292. The number of nitro groups is 1. The molecule has 3 heterocycles. The highest BCUT2D eigenvalue weighted by molar-refractivity contribution is 5.72. The van der Waals surface area contributed by atoms with E-state index >= 15 is 0 Å². The molecule has 41 heavy (non-hydrogen) atoms. The number of methoxy groups -OCH3 is 1. The number of carbonyl (C=O) groups is 2. The van der Waals surface area contributed by atoms with E-state index in [-0.39, 0.29) is 29.9 Å². The minimum absolute atomic E-state index is 0.0835. The van der Waals surface area contributed by atoms with Crippen LogP contribution in [0.2, 0.25) is 0 Å². The van der Waals surface area contributed by atoms with E-state index in [1.807, 2.05) is 26.0 Å². The number of hydrogen-bond acceptors (Lipinski definition) is 11. The Hall–Kier alpha value is -4.55. The first-order valence-electron chi connectivity index (χ1n) is 13.5. The van der Waals surface area contributed by atoms with E-state index in [0.29, 0.717) is 29.4 Å². The Morgan fingerprint density at radius 1 is 1.17 bits per heavy atom. The van der Waals surface area contributed by atoms with Crippen LogP contribution in [-0.2, 0) is 34.3 Å². The number of carbonyl (C=O) groups excluding carboxylic acids is 2. The van der Waals surface area contributed by atoms with Gasteiger partial charge in [-0.15, -0.1) is 5.10 Å². The molecule has 0 saturated carbocycles. The van der Waals surface area contributed by atoms with Gasteiger partial charge in [-0.2, -0.15) is 0 Å². The van der Waals surface area contributed by atoms with Gasteiger partial charge in [0.1, 0.15) is 23.7 Å². The molecule has 4 rings (SSSR count). The summed E-state index contributed by atoms with van der Waals surface area (Å²) in [6.07, 6.45) is 2.31. The second-order valence-electron chi connectivity index (χ2n) is 9.88. The number of nitrogens with zero attached hydrogens (tertiary/aromatic N) is 6. The average molecular weight is 567 g/mol. The molecule has 1 saturated heterocycles. The van der Waals surface area contributed by atoms with Gasteiger partial charge in [0, 0.05) is 32.3 Å². The van der Waals surface area contributed by atoms with Crippen molar-refractivity contribution in [3.05, 3.63) is 57.9 Å². The lowest BCUT2D eigenvalue weighted by Crippen LogP contribution is -2.24. The van der Waals surface area contributed by atoms with Crippen LogP contribution in [0.4, 0.5) is 16.2 Å². The van der Waals surface area contributed by atoms with Gasteiger partial charge in [0.05, 0.1) is 35.0 Å². The fourth-order valence-corrected chi connectivity index (χ4v) is 5.04. The molecule has 1 fully saturated rings. The van der Waals surface area contributed by atoms with E-state index in [9.17, 15) is 19.7 Å². The lowest BCUT2D eigenvalue weighted by Gasteiger charge is -2.22. The van der Waals surface area contributed by atoms with E-state index in [4.69, 9.17) is 19.2 Å². The highest BCUT2D eigenvalue weighted by Gasteiger charge is 2.29. The number of nitro benzene ring substituents is 1. The molecule has 0 amide bonds. The van der Waals surface area contributed by atoms with Gasteiger partial charge < -0.3 is 19.1 Å². The molecule has 0 spiro atoms. The monoisotopic (exact) mass is 566 g/mol. The van der Waals surface area contributed by atoms with Crippen LogP contribution in [0.5, 0.6) is 5.75 Å². The third-order valence-corrected chi connectivity index (χ3v) is 7.32. The zero-order valence-electron chi connectivity index (χ0n) is 23.6. The molecule has 2 aromatic heterocycles. The molecule has 1 unspecified atom stereocenters. The van der Waals surface area contributed by atoms with Crippen molar-refractivity contribution in [3.8, 4) is 17.1 Å². The van der Waals surface area contributed by atoms with Crippen LogP contribution in [0.3, 0.4) is 0 Å². The Bertz CT molecular complexity index is 1390. The Kier molecular flexibility index (Phi) is 9.48. The third-order valence-electron chi connectivity index (χ3n) is 7.32. The Morgan fingerprint density at radius 2 is 1.93 bits per heavy atom. The van der Waals surface area contributed by atoms with Crippen molar-refractivity contribution in [1.29, 1.82) is 0 Å². The molecule has 0 bridgehead atoms. The number of ether oxygens (including phenoxy) is 3. The minimum atomic E-state index is -0.968. The summed E-state index contributed by atoms with van der Waals surface area (Å²) < 4.78 is 16.9. The first-order valence-corrected chi connectivity index (χ1v) is 13.5. The quantitative estimate of drug-likeness (QED) is 0.140. The van der Waals surface area contributed by atoms with E-state index in [1.54, 1.807) is 7.05 Å². The standard InChI is InChI=1S/C28H34N6O7/c1-5-19(27(35)39-4)15-18-13-14-33(16-18)24-12-11-23(29-22(24)6-2)26-25(32(3)31-30-26)17-40-28(36)41-21-9-7-20(8-10-21)34(37)38/h7-12,18-19H,5-6,13-17H2,1-4H3/t18-,19?/m0/s1. The summed E-state index contributed by atoms with van der Waals surface area (Å²) in [5.41, 5.74) is 3.47. The van der Waals surface area contributed by atoms with Crippen LogP contribution in [0.1, 0.15) is 44.5 Å². The lowest BCUT2D eigenvalue weighted by atomic mass is 9.92. The van der Waals surface area contributed by atoms with Crippen molar-refractivity contribution in [1.82, 2.24) is 20.0 Å². The largest absolute Gasteiger partial charge is 0.514 e. The van der Waals surface area contributed by atoms with E-state index in [1.165, 1.54) is 36.1 Å². The fraction of sp³-hybridized carbons (Fsp3) is 0.464. The number of benzene rings is 1. The van der Waals surface area contributed by atoms with E-state index in [0.717, 1.165) is 43.7 Å². The van der Waals surface area contributed by atoms with Crippen molar-refractivity contribution in [3.63, 3.8) is 0 Å². The molecule has 0 N–H and O–H groups in total. The van der Waals surface area contributed by atoms with Gasteiger partial charge >= 0.3 is 12.1 Å². The normalized spacial score (nSPS) is 15.4. The third kappa shape index (κ3) is 6.97. The van der Waals surface area contributed by atoms with Crippen molar-refractivity contribution >= 4 is 23.5 Å². The van der Waals surface area contributed by atoms with Gasteiger partial charge in [-0.1, -0.05) is 19.1 Å². The SMILES string of the molecule is CCc1nc(-c2nnn(C)c2COC(=O)Oc2ccc([N+](=O)[O-])cc2)ccc1N1CC[C@@H](CC(CC)C(=O)OC)C1. The number of rotatable bonds is 11.